The number of rotatable bonds is 8. The Hall–Kier alpha value is -3.25. The van der Waals surface area contributed by atoms with Crippen LogP contribution in [0, 0.1) is 11.7 Å². The number of carboxylic acids is 1. The lowest BCUT2D eigenvalue weighted by Crippen LogP contribution is -2.38. The molecule has 0 fully saturated rings. The van der Waals surface area contributed by atoms with Crippen molar-refractivity contribution < 1.29 is 14.3 Å². The monoisotopic (exact) mass is 461 g/mol. The van der Waals surface area contributed by atoms with Crippen LogP contribution in [0.2, 0.25) is 0 Å². The summed E-state index contributed by atoms with van der Waals surface area (Å²) in [6.45, 7) is 7.08. The van der Waals surface area contributed by atoms with Gasteiger partial charge in [0.15, 0.2) is 0 Å². The molecule has 5 nitrogen and oxygen atoms in total. The first-order valence-corrected chi connectivity index (χ1v) is 11.8. The molecule has 2 heterocycles. The van der Waals surface area contributed by atoms with Gasteiger partial charge in [0.25, 0.3) is 0 Å². The highest BCUT2D eigenvalue weighted by atomic mass is 19.1. The number of nitrogens with zero attached hydrogens (tertiary/aromatic N) is 1. The van der Waals surface area contributed by atoms with E-state index in [9.17, 15) is 14.3 Å². The molecule has 0 aliphatic carbocycles. The van der Waals surface area contributed by atoms with Gasteiger partial charge in [-0.05, 0) is 42.9 Å². The third-order valence-electron chi connectivity index (χ3n) is 6.93. The van der Waals surface area contributed by atoms with E-state index in [-0.39, 0.29) is 23.7 Å². The highest BCUT2D eigenvalue weighted by molar-refractivity contribution is 5.80. The van der Waals surface area contributed by atoms with Crippen LogP contribution in [0.1, 0.15) is 55.1 Å². The SMILES string of the molecule is C[C@@H](CN[C@H](c1ccccc1)[C@H]1CNc2cc(F)cnc2C1)c1cccc(C(C)(C)C(=O)O)c1. The molecule has 0 saturated heterocycles. The Morgan fingerprint density at radius 3 is 2.65 bits per heavy atom. The molecule has 0 saturated carbocycles. The Morgan fingerprint density at radius 1 is 1.18 bits per heavy atom. The van der Waals surface area contributed by atoms with Gasteiger partial charge in [-0.25, -0.2) is 4.39 Å². The third kappa shape index (κ3) is 5.12. The minimum absolute atomic E-state index is 0.0924. The van der Waals surface area contributed by atoms with Crippen molar-refractivity contribution in [1.29, 1.82) is 0 Å². The molecule has 3 atom stereocenters. The van der Waals surface area contributed by atoms with Crippen molar-refractivity contribution in [3.63, 3.8) is 0 Å². The van der Waals surface area contributed by atoms with E-state index >= 15 is 0 Å². The van der Waals surface area contributed by atoms with Crippen molar-refractivity contribution in [2.24, 2.45) is 5.92 Å². The molecule has 0 unspecified atom stereocenters. The van der Waals surface area contributed by atoms with Crippen LogP contribution in [-0.4, -0.2) is 29.1 Å². The molecule has 0 bridgehead atoms. The van der Waals surface area contributed by atoms with Crippen molar-refractivity contribution >= 4 is 11.7 Å². The molecule has 0 amide bonds. The van der Waals surface area contributed by atoms with Crippen LogP contribution in [0.3, 0.4) is 0 Å². The summed E-state index contributed by atoms with van der Waals surface area (Å²) >= 11 is 0. The number of hydrogen-bond donors (Lipinski definition) is 3. The summed E-state index contributed by atoms with van der Waals surface area (Å²) in [6.07, 6.45) is 2.04. The quantitative estimate of drug-likeness (QED) is 0.424. The minimum Gasteiger partial charge on any atom is -0.481 e. The maximum absolute atomic E-state index is 13.6. The Balaban J connectivity index is 1.52. The lowest BCUT2D eigenvalue weighted by Gasteiger charge is -2.33. The maximum atomic E-state index is 13.6. The molecule has 4 rings (SSSR count). The number of carbonyl (C=O) groups is 1. The standard InChI is InChI=1S/C28H32FN3O2/c1-18(20-10-7-11-22(12-20)28(2,3)27(33)34)15-32-26(19-8-5-4-6-9-19)21-13-24-25(30-16-21)14-23(29)17-31-24/h4-12,14,17-18,21,26,30,32H,13,15-16H2,1-3H3,(H,33,34)/t18-,21+,26+/m0/s1. The zero-order valence-electron chi connectivity index (χ0n) is 19.9. The van der Waals surface area contributed by atoms with Gasteiger partial charge in [-0.15, -0.1) is 0 Å². The minimum atomic E-state index is -0.941. The smallest absolute Gasteiger partial charge is 0.313 e. The fraction of sp³-hybridized carbons (Fsp3) is 0.357. The van der Waals surface area contributed by atoms with Crippen LogP contribution in [0.15, 0.2) is 66.9 Å². The van der Waals surface area contributed by atoms with Crippen LogP contribution in [-0.2, 0) is 16.6 Å². The van der Waals surface area contributed by atoms with E-state index in [1.807, 2.05) is 36.4 Å². The average Bonchev–Trinajstić information content (AvgIpc) is 2.84. The highest BCUT2D eigenvalue weighted by Crippen LogP contribution is 2.32. The number of halogens is 1. The van der Waals surface area contributed by atoms with Crippen LogP contribution in [0.5, 0.6) is 0 Å². The summed E-state index contributed by atoms with van der Waals surface area (Å²) < 4.78 is 13.6. The maximum Gasteiger partial charge on any atom is 0.313 e. The lowest BCUT2D eigenvalue weighted by molar-refractivity contribution is -0.142. The number of nitrogens with one attached hydrogen (secondary N) is 2. The van der Waals surface area contributed by atoms with E-state index in [1.54, 1.807) is 13.8 Å². The van der Waals surface area contributed by atoms with Crippen LogP contribution in [0.4, 0.5) is 10.1 Å². The second-order valence-electron chi connectivity index (χ2n) is 9.75. The fourth-order valence-corrected chi connectivity index (χ4v) is 4.58. The summed E-state index contributed by atoms with van der Waals surface area (Å²) in [5, 5.41) is 16.7. The Kier molecular flexibility index (Phi) is 6.98. The molecule has 178 valence electrons. The first-order valence-electron chi connectivity index (χ1n) is 11.8. The van der Waals surface area contributed by atoms with Crippen LogP contribution >= 0.6 is 0 Å². The van der Waals surface area contributed by atoms with Crippen molar-refractivity contribution in [3.8, 4) is 0 Å². The van der Waals surface area contributed by atoms with Crippen LogP contribution in [0.25, 0.3) is 0 Å². The van der Waals surface area contributed by atoms with Gasteiger partial charge >= 0.3 is 5.97 Å². The molecular weight excluding hydrogens is 429 g/mol. The predicted molar refractivity (Wildman–Crippen MR) is 133 cm³/mol. The van der Waals surface area contributed by atoms with Gasteiger partial charge in [-0.2, -0.15) is 0 Å². The molecule has 3 N–H and O–H groups in total. The van der Waals surface area contributed by atoms with Crippen LogP contribution < -0.4 is 10.6 Å². The topological polar surface area (TPSA) is 74.2 Å². The molecule has 0 spiro atoms. The van der Waals surface area contributed by atoms with Gasteiger partial charge in [-0.1, -0.05) is 61.5 Å². The van der Waals surface area contributed by atoms with Crippen molar-refractivity contribution in [1.82, 2.24) is 10.3 Å². The van der Waals surface area contributed by atoms with Gasteiger partial charge in [0.2, 0.25) is 0 Å². The van der Waals surface area contributed by atoms with Crippen molar-refractivity contribution in [2.45, 2.75) is 44.6 Å². The summed E-state index contributed by atoms with van der Waals surface area (Å²) in [5.41, 5.74) is 3.83. The summed E-state index contributed by atoms with van der Waals surface area (Å²) in [4.78, 5) is 16.0. The largest absolute Gasteiger partial charge is 0.481 e. The fourth-order valence-electron chi connectivity index (χ4n) is 4.58. The zero-order valence-corrected chi connectivity index (χ0v) is 19.9. The van der Waals surface area contributed by atoms with E-state index in [0.717, 1.165) is 42.0 Å². The summed E-state index contributed by atoms with van der Waals surface area (Å²) in [7, 11) is 0. The molecule has 3 aromatic rings. The van der Waals surface area contributed by atoms with E-state index < -0.39 is 11.4 Å². The Bertz CT molecular complexity index is 1150. The number of anilines is 1. The molecule has 1 aromatic heterocycles. The number of aliphatic carboxylic acids is 1. The highest BCUT2D eigenvalue weighted by Gasteiger charge is 2.31. The van der Waals surface area contributed by atoms with Gasteiger partial charge in [0.1, 0.15) is 5.82 Å². The van der Waals surface area contributed by atoms with Crippen molar-refractivity contribution in [2.75, 3.05) is 18.4 Å². The summed E-state index contributed by atoms with van der Waals surface area (Å²) in [5.74, 6) is -0.730. The first kappa shape index (κ1) is 23.9. The van der Waals surface area contributed by atoms with E-state index in [4.69, 9.17) is 0 Å². The number of benzene rings is 2. The number of fused-ring (bicyclic) bond motifs is 1. The molecule has 1 aliphatic heterocycles. The average molecular weight is 462 g/mol. The predicted octanol–water partition coefficient (Wildman–Crippen LogP) is 5.30. The normalized spacial score (nSPS) is 17.4. The third-order valence-corrected chi connectivity index (χ3v) is 6.93. The molecule has 34 heavy (non-hydrogen) atoms. The van der Waals surface area contributed by atoms with Gasteiger partial charge in [0.05, 0.1) is 23.0 Å². The molecule has 0 radical (unpaired) electrons. The van der Waals surface area contributed by atoms with Gasteiger partial charge in [0, 0.05) is 31.1 Å². The number of hydrogen-bond acceptors (Lipinski definition) is 4. The number of carboxylic acid groups (broad SMARTS) is 1. The number of pyridine rings is 1. The molecule has 6 heteroatoms. The van der Waals surface area contributed by atoms with E-state index in [1.165, 1.54) is 17.8 Å². The lowest BCUT2D eigenvalue weighted by atomic mass is 9.82. The summed E-state index contributed by atoms with van der Waals surface area (Å²) in [6, 6.07) is 19.9. The second kappa shape index (κ2) is 9.94. The van der Waals surface area contributed by atoms with Gasteiger partial charge in [-0.3, -0.25) is 9.78 Å². The molecule has 2 aromatic carbocycles. The van der Waals surface area contributed by atoms with E-state index in [2.05, 4.69) is 40.7 Å². The van der Waals surface area contributed by atoms with Gasteiger partial charge < -0.3 is 15.7 Å². The van der Waals surface area contributed by atoms with Crippen molar-refractivity contribution in [3.05, 3.63) is 95.1 Å². The Morgan fingerprint density at radius 2 is 1.91 bits per heavy atom. The Labute approximate surface area is 200 Å². The zero-order chi connectivity index (χ0) is 24.3. The number of aromatic nitrogens is 1. The molecular formula is C28H32FN3O2. The molecule has 1 aliphatic rings. The van der Waals surface area contributed by atoms with E-state index in [0.29, 0.717) is 0 Å². The first-order chi connectivity index (χ1) is 16.3. The second-order valence-corrected chi connectivity index (χ2v) is 9.75.